The zero-order valence-corrected chi connectivity index (χ0v) is 40.0. The fraction of sp³-hybridized carbons (Fsp3) is 0.521. The van der Waals surface area contributed by atoms with E-state index in [4.69, 9.17) is 28.4 Å². The van der Waals surface area contributed by atoms with Crippen molar-refractivity contribution in [2.45, 2.75) is 81.4 Å². The van der Waals surface area contributed by atoms with Crippen LogP contribution < -0.4 is 26.0 Å². The van der Waals surface area contributed by atoms with E-state index in [-0.39, 0.29) is 79.0 Å². The summed E-state index contributed by atoms with van der Waals surface area (Å²) in [5, 5.41) is 46.2. The smallest absolute Gasteiger partial charge is 0.255 e. The van der Waals surface area contributed by atoms with Crippen LogP contribution in [0.3, 0.4) is 0 Å². The molecule has 9 rings (SSSR count). The molecule has 25 heteroatoms. The highest BCUT2D eigenvalue weighted by Crippen LogP contribution is 2.53. The average molecular weight is 1020 g/mol. The van der Waals surface area contributed by atoms with Crippen molar-refractivity contribution in [1.29, 1.82) is 0 Å². The van der Waals surface area contributed by atoms with Crippen LogP contribution in [0.5, 0.6) is 17.2 Å². The van der Waals surface area contributed by atoms with E-state index in [1.807, 2.05) is 6.92 Å². The monoisotopic (exact) mass is 1020 g/mol. The lowest BCUT2D eigenvalue weighted by Crippen LogP contribution is -2.62. The van der Waals surface area contributed by atoms with Crippen molar-refractivity contribution < 1.29 is 86.9 Å². The van der Waals surface area contributed by atoms with Gasteiger partial charge in [0.15, 0.2) is 24.6 Å². The third-order valence-corrected chi connectivity index (χ3v) is 14.2. The van der Waals surface area contributed by atoms with Crippen molar-refractivity contribution in [3.63, 3.8) is 0 Å². The molecule has 0 aromatic heterocycles. The van der Waals surface area contributed by atoms with E-state index in [0.717, 1.165) is 17.1 Å². The minimum Gasteiger partial charge on any atom is -0.507 e. The van der Waals surface area contributed by atoms with Crippen LogP contribution in [0.15, 0.2) is 30.4 Å². The molecule has 0 radical (unpaired) electrons. The van der Waals surface area contributed by atoms with Gasteiger partial charge >= 0.3 is 0 Å². The summed E-state index contributed by atoms with van der Waals surface area (Å²) < 4.78 is 36.0. The van der Waals surface area contributed by atoms with Crippen LogP contribution >= 0.6 is 0 Å². The van der Waals surface area contributed by atoms with Gasteiger partial charge in [-0.15, -0.1) is 0 Å². The number of likely N-dealkylation sites (tertiary alicyclic amines) is 1. The van der Waals surface area contributed by atoms with Gasteiger partial charge < -0.3 is 69.9 Å². The van der Waals surface area contributed by atoms with Gasteiger partial charge in [0.05, 0.1) is 62.2 Å². The number of amides is 7. The number of aromatic hydroxyl groups is 2. The normalized spacial score (nSPS) is 27.3. The van der Waals surface area contributed by atoms with E-state index < -0.39 is 151 Å². The lowest BCUT2D eigenvalue weighted by molar-refractivity contribution is -0.256. The van der Waals surface area contributed by atoms with Crippen LogP contribution in [-0.2, 0) is 63.7 Å². The number of imide groups is 1. The number of hydrogen-bond acceptors (Lipinski definition) is 19. The van der Waals surface area contributed by atoms with Gasteiger partial charge in [0.1, 0.15) is 29.0 Å². The number of aliphatic hydroxyl groups is 1. The minimum atomic E-state index is -2.28. The molecule has 390 valence electrons. The number of benzene rings is 2. The van der Waals surface area contributed by atoms with E-state index in [9.17, 15) is 58.5 Å². The van der Waals surface area contributed by atoms with Crippen molar-refractivity contribution in [2.24, 2.45) is 5.92 Å². The first-order valence-corrected chi connectivity index (χ1v) is 23.8. The lowest BCUT2D eigenvalue weighted by atomic mass is 9.72. The Balaban J connectivity index is 0.824. The van der Waals surface area contributed by atoms with Crippen molar-refractivity contribution in [3.05, 3.63) is 63.7 Å². The quantitative estimate of drug-likeness (QED) is 0.0571. The minimum absolute atomic E-state index is 0.0752. The number of nitrogens with zero attached hydrogens (tertiary/aromatic N) is 3. The Morgan fingerprint density at radius 1 is 0.836 bits per heavy atom. The molecular weight excluding hydrogens is 963 g/mol. The van der Waals surface area contributed by atoms with Gasteiger partial charge in [-0.1, -0.05) is 12.1 Å². The number of phenols is 2. The van der Waals surface area contributed by atoms with Crippen LogP contribution in [0.4, 0.5) is 0 Å². The fourth-order valence-electron chi connectivity index (χ4n) is 10.6. The average Bonchev–Trinajstić information content (AvgIpc) is 3.90. The number of rotatable bonds is 16. The van der Waals surface area contributed by atoms with E-state index in [0.29, 0.717) is 13.2 Å². The summed E-state index contributed by atoms with van der Waals surface area (Å²) in [6.07, 6.45) is -3.39. The van der Waals surface area contributed by atoms with E-state index in [2.05, 4.69) is 26.2 Å². The Kier molecular flexibility index (Phi) is 14.4. The van der Waals surface area contributed by atoms with E-state index in [1.165, 1.54) is 37.3 Å². The van der Waals surface area contributed by atoms with Crippen LogP contribution in [0.2, 0.25) is 0 Å². The first-order valence-electron chi connectivity index (χ1n) is 23.8. The van der Waals surface area contributed by atoms with Crippen molar-refractivity contribution in [3.8, 4) is 17.2 Å². The first-order chi connectivity index (χ1) is 34.9. The Hall–Kier alpha value is -6.87. The molecule has 4 saturated heterocycles. The van der Waals surface area contributed by atoms with Gasteiger partial charge in [0.25, 0.3) is 17.7 Å². The number of morpholine rings is 1. The van der Waals surface area contributed by atoms with Crippen LogP contribution in [0.25, 0.3) is 0 Å². The van der Waals surface area contributed by atoms with E-state index in [1.54, 1.807) is 0 Å². The second-order valence-corrected chi connectivity index (χ2v) is 18.8. The Morgan fingerprint density at radius 2 is 1.49 bits per heavy atom. The van der Waals surface area contributed by atoms with Crippen molar-refractivity contribution in [2.75, 3.05) is 73.2 Å². The molecule has 0 spiro atoms. The fourth-order valence-corrected chi connectivity index (χ4v) is 10.6. The van der Waals surface area contributed by atoms with Gasteiger partial charge in [-0.3, -0.25) is 53.0 Å². The number of phenolic OH excluding ortho intramolecular Hbond substituents is 2. The highest BCUT2D eigenvalue weighted by molar-refractivity contribution is 6.31. The summed E-state index contributed by atoms with van der Waals surface area (Å²) in [6, 6.07) is 4.14. The Bertz CT molecular complexity index is 2670. The number of hydrogen-bond donors (Lipinski definition) is 7. The molecule has 25 nitrogen and oxygen atoms in total. The predicted molar refractivity (Wildman–Crippen MR) is 244 cm³/mol. The molecule has 0 bridgehead atoms. The number of ketones is 2. The maximum absolute atomic E-state index is 14.4. The molecule has 0 unspecified atom stereocenters. The van der Waals surface area contributed by atoms with E-state index >= 15 is 0 Å². The second-order valence-electron chi connectivity index (χ2n) is 18.8. The zero-order chi connectivity index (χ0) is 52.0. The summed E-state index contributed by atoms with van der Waals surface area (Å²) in [4.78, 5) is 120. The largest absolute Gasteiger partial charge is 0.507 e. The number of ether oxygens (including phenoxy) is 6. The molecule has 5 heterocycles. The summed E-state index contributed by atoms with van der Waals surface area (Å²) >= 11 is 0. The molecule has 7 amide bonds. The molecule has 5 aliphatic heterocycles. The van der Waals surface area contributed by atoms with Gasteiger partial charge in [-0.25, -0.2) is 0 Å². The van der Waals surface area contributed by atoms with Crippen LogP contribution in [-0.4, -0.2) is 199 Å². The van der Waals surface area contributed by atoms with Crippen LogP contribution in [0, 0.1) is 5.92 Å². The van der Waals surface area contributed by atoms with Gasteiger partial charge in [0, 0.05) is 106 Å². The maximum Gasteiger partial charge on any atom is 0.255 e. The van der Waals surface area contributed by atoms with Gasteiger partial charge in [-0.2, -0.15) is 0 Å². The highest BCUT2D eigenvalue weighted by Gasteiger charge is 2.56. The van der Waals surface area contributed by atoms with Gasteiger partial charge in [-0.05, 0) is 13.0 Å². The summed E-state index contributed by atoms with van der Waals surface area (Å²) in [5.41, 5.74) is -3.71. The Morgan fingerprint density at radius 3 is 2.16 bits per heavy atom. The number of carbonyl (C=O) groups excluding carboxylic acids is 9. The second kappa shape index (κ2) is 20.6. The third-order valence-electron chi connectivity index (χ3n) is 14.2. The molecule has 7 aliphatic rings. The standard InChI is InChI=1S/C48H55N7O18/c1-22-44-26(54-11-12-70-46(69-3)45(54)73-44)13-35(71-22)72-28-15-48(67,14-25-37(28)43(65)39-38(41(25)63)40(62)24-5-4-6-27(68-2)36(24)42(39)64)47(66)53-20-23(21-53)16-49-30(57)18-51-32(59)19-52-31(58)17-50-29(56)9-10-55-33(60)7-8-34(55)61/h4-8,22-23,26,28,35,44-46,63,65,67H,9-21H2,1-3H3,(H,49,57)(H,50,56)(H,51,59)(H,52,58)/t22-,26-,28-,35-,44+,45+,46-,48-/m0/s1. The molecule has 7 N–H and O–H groups in total. The van der Waals surface area contributed by atoms with Gasteiger partial charge in [0.2, 0.25) is 29.4 Å². The number of fused-ring (bicyclic) bond motifs is 6. The topological polar surface area (TPSA) is 328 Å². The molecule has 2 aromatic carbocycles. The molecule has 2 aromatic rings. The molecule has 4 fully saturated rings. The SMILES string of the molecule is COc1cccc2c1C(=O)c1c(O)c3c(c(O)c1C2=O)C[C@@](O)(C(=O)N1CC(CNC(=O)CNC(=O)CNC(=O)CNC(=O)CCN2C(=O)C=CC2=O)C1)C[C@@H]3O[C@H]1C[C@H]2[C@H](O[C@@H]3[C@@H](OC)OCCN32)[C@H](C)O1. The zero-order valence-electron chi connectivity index (χ0n) is 40.0. The summed E-state index contributed by atoms with van der Waals surface area (Å²) in [6.45, 7) is 1.36. The third kappa shape index (κ3) is 9.75. The first kappa shape index (κ1) is 51.0. The van der Waals surface area contributed by atoms with Crippen molar-refractivity contribution >= 4 is 52.9 Å². The summed E-state index contributed by atoms with van der Waals surface area (Å²) in [7, 11) is 2.84. The van der Waals surface area contributed by atoms with Crippen LogP contribution in [0.1, 0.15) is 75.3 Å². The predicted octanol–water partition coefficient (Wildman–Crippen LogP) is -2.61. The molecule has 8 atom stereocenters. The Labute approximate surface area is 416 Å². The van der Waals surface area contributed by atoms with Crippen molar-refractivity contribution in [1.82, 2.24) is 36.0 Å². The number of carbonyl (C=O) groups is 9. The molecular formula is C48H55N7O18. The summed E-state index contributed by atoms with van der Waals surface area (Å²) in [5.74, 6) is -7.57. The number of nitrogens with one attached hydrogen (secondary N) is 4. The lowest BCUT2D eigenvalue weighted by Gasteiger charge is -2.47. The maximum atomic E-state index is 14.4. The number of methoxy groups -OCH3 is 2. The molecule has 73 heavy (non-hydrogen) atoms. The molecule has 0 saturated carbocycles. The molecule has 2 aliphatic carbocycles. The highest BCUT2D eigenvalue weighted by atomic mass is 16.7.